The van der Waals surface area contributed by atoms with E-state index in [1.54, 1.807) is 24.3 Å². The lowest BCUT2D eigenvalue weighted by molar-refractivity contribution is -0.120. The van der Waals surface area contributed by atoms with Crippen molar-refractivity contribution in [2.75, 3.05) is 12.4 Å². The Kier molecular flexibility index (Phi) is 7.29. The monoisotopic (exact) mass is 487 g/mol. The maximum atomic E-state index is 12.9. The largest absolute Gasteiger partial charge is 0.366 e. The van der Waals surface area contributed by atoms with Gasteiger partial charge in [0.1, 0.15) is 0 Å². The summed E-state index contributed by atoms with van der Waals surface area (Å²) in [4.78, 5) is 26.1. The van der Waals surface area contributed by atoms with Crippen LogP contribution in [0.5, 0.6) is 0 Å². The minimum atomic E-state index is -0.511. The zero-order chi connectivity index (χ0) is 24.9. The van der Waals surface area contributed by atoms with E-state index in [4.69, 9.17) is 22.4 Å². The topological polar surface area (TPSA) is 93.2 Å². The Hall–Kier alpha value is -3.94. The minimum Gasteiger partial charge on any atom is -0.366 e. The Morgan fingerprint density at radius 3 is 2.31 bits per heavy atom. The number of primary amides is 1. The summed E-state index contributed by atoms with van der Waals surface area (Å²) in [5.74, 6) is -0.675. The first kappa shape index (κ1) is 24.2. The van der Waals surface area contributed by atoms with Crippen LogP contribution in [-0.2, 0) is 11.3 Å². The van der Waals surface area contributed by atoms with E-state index in [1.807, 2.05) is 84.3 Å². The fourth-order valence-corrected chi connectivity index (χ4v) is 3.79. The summed E-state index contributed by atoms with van der Waals surface area (Å²) in [7, 11) is 1.89. The summed E-state index contributed by atoms with van der Waals surface area (Å²) in [6.45, 7) is 2.34. The smallest absolute Gasteiger partial charge is 0.248 e. The van der Waals surface area contributed by atoms with Crippen LogP contribution in [0.25, 0.3) is 16.9 Å². The van der Waals surface area contributed by atoms with Crippen molar-refractivity contribution in [1.29, 1.82) is 0 Å². The molecule has 35 heavy (non-hydrogen) atoms. The Balaban J connectivity index is 1.54. The molecule has 0 aliphatic heterocycles. The van der Waals surface area contributed by atoms with Crippen molar-refractivity contribution >= 4 is 29.1 Å². The molecule has 0 aliphatic carbocycles. The van der Waals surface area contributed by atoms with E-state index in [1.165, 1.54) is 0 Å². The fraction of sp³-hybridized carbons (Fsp3) is 0.148. The molecule has 3 N–H and O–H groups in total. The molecule has 4 aromatic rings. The first-order chi connectivity index (χ1) is 16.8. The Morgan fingerprint density at radius 1 is 1.03 bits per heavy atom. The van der Waals surface area contributed by atoms with Crippen LogP contribution in [0, 0.1) is 0 Å². The Labute approximate surface area is 209 Å². The van der Waals surface area contributed by atoms with Gasteiger partial charge in [0.25, 0.3) is 0 Å². The molecule has 0 fully saturated rings. The van der Waals surface area contributed by atoms with E-state index in [2.05, 4.69) is 5.32 Å². The Morgan fingerprint density at radius 2 is 1.69 bits per heavy atom. The number of hydrogen-bond donors (Lipinski definition) is 2. The van der Waals surface area contributed by atoms with E-state index in [0.29, 0.717) is 22.8 Å². The van der Waals surface area contributed by atoms with Crippen molar-refractivity contribution < 1.29 is 9.59 Å². The number of carbonyl (C=O) groups is 2. The third kappa shape index (κ3) is 5.77. The molecule has 0 saturated carbocycles. The van der Waals surface area contributed by atoms with Gasteiger partial charge in [-0.1, -0.05) is 41.9 Å². The third-order valence-corrected chi connectivity index (χ3v) is 6.08. The lowest BCUT2D eigenvalue weighted by Crippen LogP contribution is -2.39. The molecular weight excluding hydrogens is 462 g/mol. The van der Waals surface area contributed by atoms with Gasteiger partial charge in [0.05, 0.1) is 17.4 Å². The predicted octanol–water partition coefficient (Wildman–Crippen LogP) is 4.75. The molecule has 0 saturated heterocycles. The number of halogens is 1. The molecule has 2 amide bonds. The number of benzene rings is 3. The van der Waals surface area contributed by atoms with Crippen molar-refractivity contribution in [2.24, 2.45) is 5.73 Å². The molecule has 1 heterocycles. The standard InChI is InChI=1S/C27H26ClN5O2/c1-18(27(35)30-23-14-10-20(11-15-23)26(29)34)32(2)16-21-17-33(24-6-4-3-5-7-24)31-25(21)19-8-12-22(28)13-9-19/h3-15,17-18H,16H2,1-2H3,(H2,29,34)(H,30,35)/t18-/m1/s1. The number of likely N-dealkylation sites (N-methyl/N-ethyl adjacent to an activating group) is 1. The summed E-state index contributed by atoms with van der Waals surface area (Å²) in [6.07, 6.45) is 1.99. The van der Waals surface area contributed by atoms with E-state index in [-0.39, 0.29) is 5.91 Å². The zero-order valence-corrected chi connectivity index (χ0v) is 20.2. The van der Waals surface area contributed by atoms with E-state index < -0.39 is 11.9 Å². The number of carbonyl (C=O) groups excluding carboxylic acids is 2. The molecule has 7 nitrogen and oxygen atoms in total. The SMILES string of the molecule is C[C@H](C(=O)Nc1ccc(C(N)=O)cc1)N(C)Cc1cn(-c2ccccc2)nc1-c1ccc(Cl)cc1. The average Bonchev–Trinajstić information content (AvgIpc) is 3.28. The number of nitrogens with one attached hydrogen (secondary N) is 1. The van der Waals surface area contributed by atoms with Gasteiger partial charge in [0, 0.05) is 40.1 Å². The van der Waals surface area contributed by atoms with Crippen LogP contribution >= 0.6 is 11.6 Å². The maximum absolute atomic E-state index is 12.9. The Bertz CT molecular complexity index is 1320. The number of rotatable bonds is 8. The molecule has 3 aromatic carbocycles. The molecule has 0 aliphatic rings. The summed E-state index contributed by atoms with van der Waals surface area (Å²) in [6, 6.07) is 23.5. The van der Waals surface area contributed by atoms with Crippen LogP contribution in [0.4, 0.5) is 5.69 Å². The van der Waals surface area contributed by atoms with Gasteiger partial charge in [-0.2, -0.15) is 5.10 Å². The van der Waals surface area contributed by atoms with Gasteiger partial charge in [0.2, 0.25) is 11.8 Å². The second-order valence-corrected chi connectivity index (χ2v) is 8.75. The van der Waals surface area contributed by atoms with Crippen molar-refractivity contribution in [2.45, 2.75) is 19.5 Å². The highest BCUT2D eigenvalue weighted by Crippen LogP contribution is 2.26. The number of aromatic nitrogens is 2. The maximum Gasteiger partial charge on any atom is 0.248 e. The lowest BCUT2D eigenvalue weighted by atomic mass is 10.1. The number of para-hydroxylation sites is 1. The van der Waals surface area contributed by atoms with Crippen LogP contribution in [-0.4, -0.2) is 39.6 Å². The second kappa shape index (κ2) is 10.5. The fourth-order valence-electron chi connectivity index (χ4n) is 3.66. The van der Waals surface area contributed by atoms with E-state index in [0.717, 1.165) is 22.5 Å². The van der Waals surface area contributed by atoms with Crippen molar-refractivity contribution in [1.82, 2.24) is 14.7 Å². The molecule has 0 spiro atoms. The van der Waals surface area contributed by atoms with E-state index in [9.17, 15) is 9.59 Å². The van der Waals surface area contributed by atoms with Gasteiger partial charge in [-0.3, -0.25) is 14.5 Å². The van der Waals surface area contributed by atoms with Crippen LogP contribution in [0.3, 0.4) is 0 Å². The molecule has 0 bridgehead atoms. The van der Waals surface area contributed by atoms with Gasteiger partial charge >= 0.3 is 0 Å². The summed E-state index contributed by atoms with van der Waals surface area (Å²) in [5, 5.41) is 8.38. The quantitative estimate of drug-likeness (QED) is 0.375. The van der Waals surface area contributed by atoms with Crippen LogP contribution in [0.2, 0.25) is 5.02 Å². The number of amides is 2. The van der Waals surface area contributed by atoms with Crippen molar-refractivity contribution in [3.63, 3.8) is 0 Å². The van der Waals surface area contributed by atoms with Crippen LogP contribution in [0.1, 0.15) is 22.8 Å². The molecular formula is C27H26ClN5O2. The van der Waals surface area contributed by atoms with E-state index >= 15 is 0 Å². The molecule has 0 radical (unpaired) electrons. The number of nitrogens with two attached hydrogens (primary N) is 1. The van der Waals surface area contributed by atoms with Gasteiger partial charge in [-0.05, 0) is 62.5 Å². The van der Waals surface area contributed by atoms with Gasteiger partial charge in [-0.25, -0.2) is 4.68 Å². The minimum absolute atomic E-state index is 0.164. The zero-order valence-electron chi connectivity index (χ0n) is 19.5. The number of hydrogen-bond acceptors (Lipinski definition) is 4. The molecule has 1 atom stereocenters. The molecule has 1 aromatic heterocycles. The normalized spacial score (nSPS) is 11.9. The molecule has 4 rings (SSSR count). The highest BCUT2D eigenvalue weighted by Gasteiger charge is 2.21. The average molecular weight is 488 g/mol. The summed E-state index contributed by atoms with van der Waals surface area (Å²) >= 11 is 6.09. The van der Waals surface area contributed by atoms with Crippen molar-refractivity contribution in [3.8, 4) is 16.9 Å². The van der Waals surface area contributed by atoms with Crippen molar-refractivity contribution in [3.05, 3.63) is 101 Å². The molecule has 178 valence electrons. The molecule has 8 heteroatoms. The number of nitrogens with zero attached hydrogens (tertiary/aromatic N) is 3. The number of anilines is 1. The first-order valence-corrected chi connectivity index (χ1v) is 11.5. The van der Waals surface area contributed by atoms with Gasteiger partial charge < -0.3 is 11.1 Å². The lowest BCUT2D eigenvalue weighted by Gasteiger charge is -2.24. The summed E-state index contributed by atoms with van der Waals surface area (Å²) in [5.41, 5.74) is 9.96. The van der Waals surface area contributed by atoms with Crippen LogP contribution < -0.4 is 11.1 Å². The molecule has 0 unspecified atom stereocenters. The third-order valence-electron chi connectivity index (χ3n) is 5.83. The second-order valence-electron chi connectivity index (χ2n) is 8.31. The predicted molar refractivity (Wildman–Crippen MR) is 139 cm³/mol. The van der Waals surface area contributed by atoms with Gasteiger partial charge in [-0.15, -0.1) is 0 Å². The van der Waals surface area contributed by atoms with Crippen LogP contribution in [0.15, 0.2) is 85.1 Å². The first-order valence-electron chi connectivity index (χ1n) is 11.1. The highest BCUT2D eigenvalue weighted by atomic mass is 35.5. The van der Waals surface area contributed by atoms with Gasteiger partial charge in [0.15, 0.2) is 0 Å². The summed E-state index contributed by atoms with van der Waals surface area (Å²) < 4.78 is 1.85. The highest BCUT2D eigenvalue weighted by molar-refractivity contribution is 6.30.